The minimum absolute atomic E-state index is 0.0244. The molecule has 1 aromatic carbocycles. The second-order valence-electron chi connectivity index (χ2n) is 8.68. The molecule has 3 N–H and O–H groups in total. The van der Waals surface area contributed by atoms with Crippen molar-refractivity contribution in [3.63, 3.8) is 0 Å². The Balaban J connectivity index is 1.68. The molecule has 0 saturated carbocycles. The molecule has 0 aliphatic carbocycles. The first-order valence-electron chi connectivity index (χ1n) is 10.1. The fourth-order valence-corrected chi connectivity index (χ4v) is 4.12. The normalized spacial score (nSPS) is 11.9. The zero-order valence-corrected chi connectivity index (χ0v) is 19.6. The highest BCUT2D eigenvalue weighted by Gasteiger charge is 2.24. The van der Waals surface area contributed by atoms with Gasteiger partial charge in [0, 0.05) is 25.2 Å². The maximum Gasteiger partial charge on any atom is 0.332 e. The standard InChI is InChI=1S/C21H23N7O4S/c1-21(2,3)18-25-15-14(17(30)28(5)20(32)27(15)4)16(26-18)33-9-13(29)22-10-6-7-11-12(8-10)24-19(31)23-11/h6-8H,9H2,1-5H3,(H,22,29)(H2,23,24,31). The number of fused-ring (bicyclic) bond motifs is 2. The van der Waals surface area contributed by atoms with E-state index < -0.39 is 16.7 Å². The average Bonchev–Trinajstić information content (AvgIpc) is 3.12. The molecule has 0 saturated heterocycles. The Morgan fingerprint density at radius 2 is 1.76 bits per heavy atom. The van der Waals surface area contributed by atoms with Gasteiger partial charge in [-0.3, -0.25) is 18.7 Å². The van der Waals surface area contributed by atoms with Crippen LogP contribution in [0.15, 0.2) is 37.6 Å². The lowest BCUT2D eigenvalue weighted by molar-refractivity contribution is -0.113. The van der Waals surface area contributed by atoms with E-state index in [9.17, 15) is 19.2 Å². The number of benzene rings is 1. The van der Waals surface area contributed by atoms with E-state index in [0.29, 0.717) is 27.6 Å². The number of hydrogen-bond acceptors (Lipinski definition) is 7. The van der Waals surface area contributed by atoms with Crippen LogP contribution in [0.5, 0.6) is 0 Å². The van der Waals surface area contributed by atoms with Gasteiger partial charge in [-0.25, -0.2) is 19.6 Å². The first-order valence-corrected chi connectivity index (χ1v) is 11.1. The van der Waals surface area contributed by atoms with Crippen molar-refractivity contribution in [3.05, 3.63) is 55.3 Å². The molecule has 3 aromatic heterocycles. The van der Waals surface area contributed by atoms with Gasteiger partial charge in [-0.1, -0.05) is 32.5 Å². The van der Waals surface area contributed by atoms with Gasteiger partial charge in [-0.15, -0.1) is 0 Å². The highest BCUT2D eigenvalue weighted by molar-refractivity contribution is 8.00. The molecule has 4 rings (SSSR count). The number of aromatic amines is 2. The van der Waals surface area contributed by atoms with E-state index in [4.69, 9.17) is 0 Å². The van der Waals surface area contributed by atoms with Gasteiger partial charge in [0.05, 0.1) is 16.8 Å². The number of aromatic nitrogens is 6. The maximum absolute atomic E-state index is 12.9. The largest absolute Gasteiger partial charge is 0.332 e. The summed E-state index contributed by atoms with van der Waals surface area (Å²) in [6.45, 7) is 5.78. The molecule has 0 spiro atoms. The van der Waals surface area contributed by atoms with Crippen LogP contribution in [0.25, 0.3) is 22.1 Å². The van der Waals surface area contributed by atoms with E-state index in [-0.39, 0.29) is 28.4 Å². The van der Waals surface area contributed by atoms with E-state index >= 15 is 0 Å². The second-order valence-corrected chi connectivity index (χ2v) is 9.65. The van der Waals surface area contributed by atoms with Gasteiger partial charge < -0.3 is 15.3 Å². The van der Waals surface area contributed by atoms with Gasteiger partial charge in [-0.05, 0) is 18.2 Å². The molecule has 33 heavy (non-hydrogen) atoms. The Hall–Kier alpha value is -3.67. The molecule has 11 nitrogen and oxygen atoms in total. The van der Waals surface area contributed by atoms with Crippen molar-refractivity contribution in [1.82, 2.24) is 29.1 Å². The number of nitrogens with one attached hydrogen (secondary N) is 3. The van der Waals surface area contributed by atoms with Gasteiger partial charge in [0.25, 0.3) is 5.56 Å². The fourth-order valence-electron chi connectivity index (χ4n) is 3.31. The lowest BCUT2D eigenvalue weighted by Crippen LogP contribution is -2.38. The summed E-state index contributed by atoms with van der Waals surface area (Å²) >= 11 is 1.10. The highest BCUT2D eigenvalue weighted by Crippen LogP contribution is 2.27. The van der Waals surface area contributed by atoms with Crippen LogP contribution in [-0.2, 0) is 24.3 Å². The molecular weight excluding hydrogens is 446 g/mol. The summed E-state index contributed by atoms with van der Waals surface area (Å²) in [5.74, 6) is 0.120. The molecule has 3 heterocycles. The monoisotopic (exact) mass is 469 g/mol. The molecule has 12 heteroatoms. The Kier molecular flexibility index (Phi) is 5.48. The van der Waals surface area contributed by atoms with Crippen LogP contribution in [-0.4, -0.2) is 40.7 Å². The minimum Gasteiger partial charge on any atom is -0.325 e. The Morgan fingerprint density at radius 3 is 2.45 bits per heavy atom. The summed E-state index contributed by atoms with van der Waals surface area (Å²) in [5, 5.41) is 3.30. The molecule has 0 aliphatic rings. The van der Waals surface area contributed by atoms with Crippen molar-refractivity contribution in [3.8, 4) is 0 Å². The Bertz CT molecular complexity index is 1590. The number of imidazole rings is 1. The van der Waals surface area contributed by atoms with Crippen molar-refractivity contribution in [2.75, 3.05) is 11.1 Å². The van der Waals surface area contributed by atoms with Crippen molar-refractivity contribution in [2.24, 2.45) is 14.1 Å². The topological polar surface area (TPSA) is 148 Å². The molecule has 0 atom stereocenters. The smallest absolute Gasteiger partial charge is 0.325 e. The third-order valence-electron chi connectivity index (χ3n) is 5.08. The molecule has 1 amide bonds. The lowest BCUT2D eigenvalue weighted by atomic mass is 9.96. The molecule has 0 radical (unpaired) electrons. The molecular formula is C21H23N7O4S. The summed E-state index contributed by atoms with van der Waals surface area (Å²) in [7, 11) is 2.94. The van der Waals surface area contributed by atoms with Crippen molar-refractivity contribution < 1.29 is 4.79 Å². The molecule has 0 aliphatic heterocycles. The van der Waals surface area contributed by atoms with Crippen molar-refractivity contribution >= 4 is 45.4 Å². The van der Waals surface area contributed by atoms with E-state index in [2.05, 4.69) is 25.3 Å². The number of rotatable bonds is 4. The van der Waals surface area contributed by atoms with E-state index in [1.165, 1.54) is 11.6 Å². The summed E-state index contributed by atoms with van der Waals surface area (Å²) in [4.78, 5) is 63.7. The van der Waals surface area contributed by atoms with E-state index in [1.54, 1.807) is 25.2 Å². The molecule has 4 aromatic rings. The number of amides is 1. The van der Waals surface area contributed by atoms with Crippen LogP contribution in [0.4, 0.5) is 5.69 Å². The first-order chi connectivity index (χ1) is 15.5. The molecule has 0 unspecified atom stereocenters. The van der Waals surface area contributed by atoms with Crippen LogP contribution in [0.3, 0.4) is 0 Å². The quantitative estimate of drug-likeness (QED) is 0.301. The zero-order chi connectivity index (χ0) is 24.1. The maximum atomic E-state index is 12.9. The summed E-state index contributed by atoms with van der Waals surface area (Å²) in [5.41, 5.74) is 0.188. The first kappa shape index (κ1) is 22.5. The zero-order valence-electron chi connectivity index (χ0n) is 18.8. The highest BCUT2D eigenvalue weighted by atomic mass is 32.2. The summed E-state index contributed by atoms with van der Waals surface area (Å²) in [6.07, 6.45) is 0. The molecule has 0 bridgehead atoms. The van der Waals surface area contributed by atoms with Crippen molar-refractivity contribution in [2.45, 2.75) is 31.2 Å². The van der Waals surface area contributed by atoms with Gasteiger partial charge in [-0.2, -0.15) is 0 Å². The van der Waals surface area contributed by atoms with Crippen LogP contribution in [0.2, 0.25) is 0 Å². The van der Waals surface area contributed by atoms with Crippen LogP contribution >= 0.6 is 11.8 Å². The van der Waals surface area contributed by atoms with Crippen LogP contribution in [0.1, 0.15) is 26.6 Å². The lowest BCUT2D eigenvalue weighted by Gasteiger charge is -2.19. The number of aryl methyl sites for hydroxylation is 1. The molecule has 172 valence electrons. The number of carbonyl (C=O) groups is 1. The molecule has 0 fully saturated rings. The number of carbonyl (C=O) groups excluding carboxylic acids is 1. The minimum atomic E-state index is -0.515. The number of anilines is 1. The second kappa shape index (κ2) is 8.03. The van der Waals surface area contributed by atoms with E-state index in [0.717, 1.165) is 16.3 Å². The number of nitrogens with zero attached hydrogens (tertiary/aromatic N) is 4. The summed E-state index contributed by atoms with van der Waals surface area (Å²) in [6, 6.07) is 5.02. The Labute approximate surface area is 191 Å². The van der Waals surface area contributed by atoms with Crippen LogP contribution < -0.4 is 22.3 Å². The predicted molar refractivity (Wildman–Crippen MR) is 127 cm³/mol. The van der Waals surface area contributed by atoms with Crippen LogP contribution in [0, 0.1) is 0 Å². The predicted octanol–water partition coefficient (Wildman–Crippen LogP) is 1.23. The van der Waals surface area contributed by atoms with Gasteiger partial charge in [0.2, 0.25) is 5.91 Å². The van der Waals surface area contributed by atoms with Gasteiger partial charge in [0.1, 0.15) is 16.2 Å². The van der Waals surface area contributed by atoms with E-state index in [1.807, 2.05) is 20.8 Å². The number of hydrogen-bond donors (Lipinski definition) is 3. The van der Waals surface area contributed by atoms with Gasteiger partial charge >= 0.3 is 11.4 Å². The van der Waals surface area contributed by atoms with Gasteiger partial charge in [0.15, 0.2) is 5.65 Å². The average molecular weight is 470 g/mol. The summed E-state index contributed by atoms with van der Waals surface area (Å²) < 4.78 is 2.31. The third-order valence-corrected chi connectivity index (χ3v) is 6.05. The number of thioether (sulfide) groups is 1. The fraction of sp³-hybridized carbons (Fsp3) is 0.333. The number of H-pyrrole nitrogens is 2. The SMILES string of the molecule is Cn1c(=O)c2c(SCC(=O)Nc3ccc4[nH]c(=O)[nH]c4c3)nc(C(C)(C)C)nc2n(C)c1=O. The Morgan fingerprint density at radius 1 is 1.06 bits per heavy atom. The third kappa shape index (κ3) is 4.21. The van der Waals surface area contributed by atoms with Crippen molar-refractivity contribution in [1.29, 1.82) is 0 Å².